The van der Waals surface area contributed by atoms with Crippen molar-refractivity contribution in [2.45, 2.75) is 29.7 Å². The van der Waals surface area contributed by atoms with Gasteiger partial charge in [-0.2, -0.15) is 0 Å². The van der Waals surface area contributed by atoms with Crippen molar-refractivity contribution in [1.29, 1.82) is 0 Å². The van der Waals surface area contributed by atoms with Crippen molar-refractivity contribution in [3.63, 3.8) is 0 Å². The monoisotopic (exact) mass is 337 g/mol. The van der Waals surface area contributed by atoms with Gasteiger partial charge in [0, 0.05) is 12.1 Å². The molecule has 122 valence electrons. The van der Waals surface area contributed by atoms with E-state index in [1.165, 1.54) is 30.3 Å². The van der Waals surface area contributed by atoms with E-state index in [-0.39, 0.29) is 6.10 Å². The minimum Gasteiger partial charge on any atom is -0.506 e. The number of ether oxygens (including phenoxy) is 1. The highest BCUT2D eigenvalue weighted by molar-refractivity contribution is 7.91. The molecule has 0 atom stereocenters. The Hall–Kier alpha value is -2.61. The van der Waals surface area contributed by atoms with Gasteiger partial charge in [0.15, 0.2) is 0 Å². The highest BCUT2D eigenvalue weighted by atomic mass is 32.2. The van der Waals surface area contributed by atoms with Crippen LogP contribution in [-0.2, 0) is 9.84 Å². The fourth-order valence-electron chi connectivity index (χ4n) is 2.02. The zero-order chi connectivity index (χ0) is 17.2. The Morgan fingerprint density at radius 1 is 1.13 bits per heavy atom. The molecular weight excluding hydrogens is 322 g/mol. The quantitative estimate of drug-likeness (QED) is 0.664. The van der Waals surface area contributed by atoms with E-state index in [4.69, 9.17) is 4.74 Å². The van der Waals surface area contributed by atoms with Gasteiger partial charge in [-0.25, -0.2) is 8.42 Å². The lowest BCUT2D eigenvalue weighted by atomic mass is 10.3. The number of nitrogens with zero attached hydrogens (tertiary/aromatic N) is 1. The molecule has 8 heteroatoms. The summed E-state index contributed by atoms with van der Waals surface area (Å²) in [5.41, 5.74) is -0.547. The van der Waals surface area contributed by atoms with Crippen LogP contribution in [0.5, 0.6) is 11.5 Å². The maximum atomic E-state index is 12.6. The van der Waals surface area contributed by atoms with Crippen molar-refractivity contribution in [2.75, 3.05) is 0 Å². The van der Waals surface area contributed by atoms with Crippen molar-refractivity contribution < 1.29 is 23.2 Å². The third kappa shape index (κ3) is 3.42. The van der Waals surface area contributed by atoms with Gasteiger partial charge in [0.1, 0.15) is 21.3 Å². The maximum absolute atomic E-state index is 12.6. The van der Waals surface area contributed by atoms with Gasteiger partial charge in [0.25, 0.3) is 5.69 Å². The van der Waals surface area contributed by atoms with Crippen molar-refractivity contribution in [2.24, 2.45) is 0 Å². The Kier molecular flexibility index (Phi) is 4.55. The van der Waals surface area contributed by atoms with Crippen LogP contribution in [0.1, 0.15) is 13.8 Å². The number of para-hydroxylation sites is 1. The van der Waals surface area contributed by atoms with E-state index in [1.54, 1.807) is 13.8 Å². The number of hydrogen-bond acceptors (Lipinski definition) is 6. The maximum Gasteiger partial charge on any atom is 0.288 e. The van der Waals surface area contributed by atoms with Gasteiger partial charge in [0.05, 0.1) is 11.0 Å². The molecule has 0 aromatic heterocycles. The molecule has 0 saturated heterocycles. The summed E-state index contributed by atoms with van der Waals surface area (Å²) in [7, 11) is -4.24. The molecule has 0 spiro atoms. The van der Waals surface area contributed by atoms with E-state index in [0.717, 1.165) is 12.1 Å². The van der Waals surface area contributed by atoms with E-state index in [0.29, 0.717) is 5.75 Å². The molecule has 1 N–H and O–H groups in total. The predicted octanol–water partition coefficient (Wildman–Crippen LogP) is 2.92. The van der Waals surface area contributed by atoms with Gasteiger partial charge in [-0.05, 0) is 32.0 Å². The minimum absolute atomic E-state index is 0.146. The molecule has 0 amide bonds. The Morgan fingerprint density at radius 2 is 1.78 bits per heavy atom. The lowest BCUT2D eigenvalue weighted by Crippen LogP contribution is -2.08. The summed E-state index contributed by atoms with van der Waals surface area (Å²) in [5.74, 6) is -0.222. The molecule has 0 radical (unpaired) electrons. The van der Waals surface area contributed by atoms with Crippen LogP contribution >= 0.6 is 0 Å². The average Bonchev–Trinajstić information content (AvgIpc) is 2.46. The Bertz CT molecular complexity index is 845. The fraction of sp³-hybridized carbons (Fsp3) is 0.200. The average molecular weight is 337 g/mol. The van der Waals surface area contributed by atoms with E-state index in [1.807, 2.05) is 0 Å². The van der Waals surface area contributed by atoms with Crippen LogP contribution in [0, 0.1) is 10.1 Å². The molecule has 7 nitrogen and oxygen atoms in total. The van der Waals surface area contributed by atoms with Gasteiger partial charge in [-0.3, -0.25) is 10.1 Å². The van der Waals surface area contributed by atoms with Crippen LogP contribution in [0.3, 0.4) is 0 Å². The molecule has 2 aromatic carbocycles. The van der Waals surface area contributed by atoms with Crippen molar-refractivity contribution in [1.82, 2.24) is 0 Å². The first-order chi connectivity index (χ1) is 10.7. The molecule has 0 aliphatic rings. The number of nitro benzene ring substituents is 1. The second kappa shape index (κ2) is 6.25. The number of benzene rings is 2. The number of rotatable bonds is 5. The molecule has 0 bridgehead atoms. The molecule has 0 aliphatic carbocycles. The number of phenolic OH excluding ortho intramolecular Hbond substituents is 1. The van der Waals surface area contributed by atoms with Gasteiger partial charge in [-0.15, -0.1) is 0 Å². The second-order valence-electron chi connectivity index (χ2n) is 5.02. The zero-order valence-corrected chi connectivity index (χ0v) is 13.3. The van der Waals surface area contributed by atoms with Gasteiger partial charge < -0.3 is 9.84 Å². The molecule has 0 aliphatic heterocycles. The first-order valence-corrected chi connectivity index (χ1v) is 8.20. The number of phenols is 1. The number of aromatic hydroxyl groups is 1. The molecule has 0 fully saturated rings. The van der Waals surface area contributed by atoms with Crippen LogP contribution in [0.4, 0.5) is 5.69 Å². The standard InChI is InChI=1S/C15H15NO6S/c1-10(2)22-11-7-8-15(13(17)9-11)23(20,21)14-6-4-3-5-12(14)16(18)19/h3-10,17H,1-2H3. The van der Waals surface area contributed by atoms with Crippen LogP contribution < -0.4 is 4.74 Å². The van der Waals surface area contributed by atoms with E-state index in [9.17, 15) is 23.6 Å². The van der Waals surface area contributed by atoms with Crippen LogP contribution in [0.25, 0.3) is 0 Å². The van der Waals surface area contributed by atoms with Crippen LogP contribution in [0.15, 0.2) is 52.3 Å². The molecule has 0 heterocycles. The largest absolute Gasteiger partial charge is 0.506 e. The van der Waals surface area contributed by atoms with Crippen molar-refractivity contribution >= 4 is 15.5 Å². The first kappa shape index (κ1) is 16.8. The van der Waals surface area contributed by atoms with E-state index in [2.05, 4.69) is 0 Å². The summed E-state index contributed by atoms with van der Waals surface area (Å²) in [5, 5.41) is 21.0. The third-order valence-corrected chi connectivity index (χ3v) is 4.79. The number of sulfone groups is 1. The van der Waals surface area contributed by atoms with Gasteiger partial charge >= 0.3 is 0 Å². The summed E-state index contributed by atoms with van der Waals surface area (Å²) >= 11 is 0. The fourth-order valence-corrected chi connectivity index (χ4v) is 3.52. The Labute approximate surface area is 133 Å². The highest BCUT2D eigenvalue weighted by Gasteiger charge is 2.29. The van der Waals surface area contributed by atoms with E-state index < -0.39 is 36.0 Å². The SMILES string of the molecule is CC(C)Oc1ccc(S(=O)(=O)c2ccccc2[N+](=O)[O-])c(O)c1. The molecule has 23 heavy (non-hydrogen) atoms. The normalized spacial score (nSPS) is 11.4. The van der Waals surface area contributed by atoms with Crippen molar-refractivity contribution in [3.8, 4) is 11.5 Å². The number of nitro groups is 1. The summed E-state index contributed by atoms with van der Waals surface area (Å²) in [6, 6.07) is 8.71. The van der Waals surface area contributed by atoms with E-state index >= 15 is 0 Å². The number of hydrogen-bond donors (Lipinski definition) is 1. The molecule has 2 rings (SSSR count). The lowest BCUT2D eigenvalue weighted by molar-refractivity contribution is -0.387. The third-order valence-electron chi connectivity index (χ3n) is 2.94. The summed E-state index contributed by atoms with van der Waals surface area (Å²) in [4.78, 5) is 9.35. The predicted molar refractivity (Wildman–Crippen MR) is 82.4 cm³/mol. The topological polar surface area (TPSA) is 107 Å². The molecular formula is C15H15NO6S. The lowest BCUT2D eigenvalue weighted by Gasteiger charge is -2.12. The highest BCUT2D eigenvalue weighted by Crippen LogP contribution is 2.35. The Morgan fingerprint density at radius 3 is 2.35 bits per heavy atom. The second-order valence-corrected chi connectivity index (χ2v) is 6.91. The zero-order valence-electron chi connectivity index (χ0n) is 12.5. The minimum atomic E-state index is -4.24. The smallest absolute Gasteiger partial charge is 0.288 e. The molecule has 0 unspecified atom stereocenters. The summed E-state index contributed by atoms with van der Waals surface area (Å²) < 4.78 is 30.6. The summed E-state index contributed by atoms with van der Waals surface area (Å²) in [6.45, 7) is 3.57. The molecule has 0 saturated carbocycles. The van der Waals surface area contributed by atoms with Crippen LogP contribution in [-0.4, -0.2) is 24.6 Å². The van der Waals surface area contributed by atoms with Crippen molar-refractivity contribution in [3.05, 3.63) is 52.6 Å². The van der Waals surface area contributed by atoms with Gasteiger partial charge in [0.2, 0.25) is 9.84 Å². The van der Waals surface area contributed by atoms with Crippen LogP contribution in [0.2, 0.25) is 0 Å². The van der Waals surface area contributed by atoms with Gasteiger partial charge in [-0.1, -0.05) is 12.1 Å². The summed E-state index contributed by atoms with van der Waals surface area (Å²) in [6.07, 6.45) is -0.146. The first-order valence-electron chi connectivity index (χ1n) is 6.71. The Balaban J connectivity index is 2.55. The molecule has 2 aromatic rings.